The Bertz CT molecular complexity index is 491. The predicted octanol–water partition coefficient (Wildman–Crippen LogP) is 1.32. The Labute approximate surface area is 124 Å². The molecule has 1 aromatic rings. The molecule has 21 heavy (non-hydrogen) atoms. The lowest BCUT2D eigenvalue weighted by Crippen LogP contribution is -2.40. The maximum atomic E-state index is 12.2. The second-order valence-corrected chi connectivity index (χ2v) is 4.65. The fourth-order valence-electron chi connectivity index (χ4n) is 1.78. The number of aliphatic carboxylic acids is 1. The summed E-state index contributed by atoms with van der Waals surface area (Å²) in [6.07, 6.45) is 0. The van der Waals surface area contributed by atoms with Crippen molar-refractivity contribution in [2.75, 3.05) is 51.1 Å². The summed E-state index contributed by atoms with van der Waals surface area (Å²) in [7, 11) is 5.23. The van der Waals surface area contributed by atoms with Crippen molar-refractivity contribution in [3.05, 3.63) is 24.3 Å². The van der Waals surface area contributed by atoms with Gasteiger partial charge >= 0.3 is 12.0 Å². The summed E-state index contributed by atoms with van der Waals surface area (Å²) < 4.78 is 4.89. The van der Waals surface area contributed by atoms with Gasteiger partial charge in [0.15, 0.2) is 0 Å². The van der Waals surface area contributed by atoms with Crippen molar-refractivity contribution in [2.45, 2.75) is 0 Å². The highest BCUT2D eigenvalue weighted by atomic mass is 16.5. The number of methoxy groups -OCH3 is 1. The molecule has 0 atom stereocenters. The van der Waals surface area contributed by atoms with Gasteiger partial charge in [-0.25, -0.2) is 4.79 Å². The molecule has 1 aromatic carbocycles. The highest BCUT2D eigenvalue weighted by molar-refractivity contribution is 5.94. The molecule has 0 saturated heterocycles. The van der Waals surface area contributed by atoms with Gasteiger partial charge in [-0.15, -0.1) is 0 Å². The van der Waals surface area contributed by atoms with E-state index >= 15 is 0 Å². The van der Waals surface area contributed by atoms with E-state index in [-0.39, 0.29) is 19.7 Å². The number of benzene rings is 1. The van der Waals surface area contributed by atoms with Crippen LogP contribution in [0.2, 0.25) is 0 Å². The van der Waals surface area contributed by atoms with Crippen molar-refractivity contribution in [2.24, 2.45) is 0 Å². The van der Waals surface area contributed by atoms with Crippen molar-refractivity contribution >= 4 is 23.4 Å². The number of hydrogen-bond donors (Lipinski definition) is 2. The lowest BCUT2D eigenvalue weighted by atomic mass is 10.2. The van der Waals surface area contributed by atoms with Crippen LogP contribution in [0.5, 0.6) is 0 Å². The van der Waals surface area contributed by atoms with Gasteiger partial charge in [-0.3, -0.25) is 4.79 Å². The summed E-state index contributed by atoms with van der Waals surface area (Å²) >= 11 is 0. The Kier molecular flexibility index (Phi) is 6.48. The lowest BCUT2D eigenvalue weighted by molar-refractivity contribution is -0.137. The Morgan fingerprint density at radius 1 is 1.29 bits per heavy atom. The maximum Gasteiger partial charge on any atom is 0.323 e. The Morgan fingerprint density at radius 2 is 1.95 bits per heavy atom. The fourth-order valence-corrected chi connectivity index (χ4v) is 1.78. The third-order valence-corrected chi connectivity index (χ3v) is 2.81. The molecule has 0 spiro atoms. The highest BCUT2D eigenvalue weighted by Gasteiger charge is 2.17. The average molecular weight is 295 g/mol. The third kappa shape index (κ3) is 5.31. The van der Waals surface area contributed by atoms with Gasteiger partial charge in [-0.2, -0.15) is 0 Å². The number of amides is 2. The van der Waals surface area contributed by atoms with Gasteiger partial charge in [0.05, 0.1) is 18.0 Å². The molecule has 0 saturated carbocycles. The largest absolute Gasteiger partial charge is 0.480 e. The number of carboxylic acids is 1. The summed E-state index contributed by atoms with van der Waals surface area (Å²) in [5.74, 6) is -1.07. The molecule has 0 bridgehead atoms. The molecule has 0 fully saturated rings. The number of ether oxygens (including phenoxy) is 1. The van der Waals surface area contributed by atoms with Gasteiger partial charge in [0.2, 0.25) is 0 Å². The van der Waals surface area contributed by atoms with Crippen molar-refractivity contribution in [1.29, 1.82) is 0 Å². The van der Waals surface area contributed by atoms with E-state index in [1.54, 1.807) is 12.1 Å². The van der Waals surface area contributed by atoms with Crippen LogP contribution in [0, 0.1) is 0 Å². The number of para-hydroxylation sites is 2. The first-order valence-electron chi connectivity index (χ1n) is 6.48. The van der Waals surface area contributed by atoms with Crippen LogP contribution in [0.1, 0.15) is 0 Å². The second kappa shape index (κ2) is 8.11. The molecule has 0 aliphatic heterocycles. The minimum atomic E-state index is -1.07. The lowest BCUT2D eigenvalue weighted by Gasteiger charge is -2.23. The molecule has 0 radical (unpaired) electrons. The SMILES string of the molecule is COCCN(CC(=O)O)C(=O)Nc1ccccc1N(C)C. The molecule has 0 heterocycles. The number of carbonyl (C=O) groups excluding carboxylic acids is 1. The second-order valence-electron chi connectivity index (χ2n) is 4.65. The zero-order chi connectivity index (χ0) is 15.8. The van der Waals surface area contributed by atoms with Gasteiger partial charge < -0.3 is 25.0 Å². The number of nitrogens with zero attached hydrogens (tertiary/aromatic N) is 2. The van der Waals surface area contributed by atoms with E-state index in [0.29, 0.717) is 5.69 Å². The summed E-state index contributed by atoms with van der Waals surface area (Å²) in [6, 6.07) is 6.84. The van der Waals surface area contributed by atoms with Crippen molar-refractivity contribution in [3.63, 3.8) is 0 Å². The topological polar surface area (TPSA) is 82.1 Å². The van der Waals surface area contributed by atoms with Crippen molar-refractivity contribution < 1.29 is 19.4 Å². The van der Waals surface area contributed by atoms with Crippen LogP contribution in [0.15, 0.2) is 24.3 Å². The monoisotopic (exact) mass is 295 g/mol. The predicted molar refractivity (Wildman–Crippen MR) is 80.9 cm³/mol. The molecule has 0 aliphatic carbocycles. The summed E-state index contributed by atoms with van der Waals surface area (Å²) in [6.45, 7) is 0.105. The van der Waals surface area contributed by atoms with E-state index in [1.165, 1.54) is 12.0 Å². The van der Waals surface area contributed by atoms with Crippen molar-refractivity contribution in [1.82, 2.24) is 4.90 Å². The van der Waals surface area contributed by atoms with E-state index in [1.807, 2.05) is 31.1 Å². The number of nitrogens with one attached hydrogen (secondary N) is 1. The van der Waals surface area contributed by atoms with Crippen LogP contribution < -0.4 is 10.2 Å². The summed E-state index contributed by atoms with van der Waals surface area (Å²) in [5, 5.41) is 11.6. The number of rotatable bonds is 7. The molecule has 1 rings (SSSR count). The Balaban J connectivity index is 2.83. The van der Waals surface area contributed by atoms with E-state index < -0.39 is 12.0 Å². The van der Waals surface area contributed by atoms with E-state index in [0.717, 1.165) is 5.69 Å². The Hall–Kier alpha value is -2.28. The van der Waals surface area contributed by atoms with Gasteiger partial charge in [0, 0.05) is 27.7 Å². The maximum absolute atomic E-state index is 12.2. The van der Waals surface area contributed by atoms with Gasteiger partial charge in [0.25, 0.3) is 0 Å². The quantitative estimate of drug-likeness (QED) is 0.792. The molecule has 116 valence electrons. The molecule has 0 aromatic heterocycles. The van der Waals surface area contributed by atoms with Crippen LogP contribution in [0.3, 0.4) is 0 Å². The molecule has 0 unspecified atom stereocenters. The molecular weight excluding hydrogens is 274 g/mol. The average Bonchev–Trinajstić information content (AvgIpc) is 2.43. The minimum absolute atomic E-state index is 0.207. The molecule has 7 heteroatoms. The van der Waals surface area contributed by atoms with Gasteiger partial charge in [-0.1, -0.05) is 12.1 Å². The zero-order valence-corrected chi connectivity index (χ0v) is 12.5. The van der Waals surface area contributed by atoms with E-state index in [9.17, 15) is 9.59 Å². The highest BCUT2D eigenvalue weighted by Crippen LogP contribution is 2.23. The van der Waals surface area contributed by atoms with Crippen molar-refractivity contribution in [3.8, 4) is 0 Å². The number of anilines is 2. The smallest absolute Gasteiger partial charge is 0.323 e. The first kappa shape index (κ1) is 16.8. The van der Waals surface area contributed by atoms with Gasteiger partial charge in [-0.05, 0) is 12.1 Å². The summed E-state index contributed by atoms with van der Waals surface area (Å²) in [4.78, 5) is 26.1. The van der Waals surface area contributed by atoms with Crippen LogP contribution in [0.4, 0.5) is 16.2 Å². The minimum Gasteiger partial charge on any atom is -0.480 e. The molecule has 7 nitrogen and oxygen atoms in total. The molecular formula is C14H21N3O4. The molecule has 2 N–H and O–H groups in total. The summed E-state index contributed by atoms with van der Waals surface area (Å²) in [5.41, 5.74) is 1.47. The number of urea groups is 1. The third-order valence-electron chi connectivity index (χ3n) is 2.81. The number of carbonyl (C=O) groups is 2. The van der Waals surface area contributed by atoms with Crippen LogP contribution >= 0.6 is 0 Å². The molecule has 0 aliphatic rings. The fraction of sp³-hybridized carbons (Fsp3) is 0.429. The molecule has 2 amide bonds. The van der Waals surface area contributed by atoms with E-state index in [2.05, 4.69) is 5.32 Å². The first-order chi connectivity index (χ1) is 9.95. The van der Waals surface area contributed by atoms with E-state index in [4.69, 9.17) is 9.84 Å². The number of carboxylic acid groups (broad SMARTS) is 1. The zero-order valence-electron chi connectivity index (χ0n) is 12.5. The standard InChI is InChI=1S/C14H21N3O4/c1-16(2)12-7-5-4-6-11(12)15-14(20)17(8-9-21-3)10-13(18)19/h4-7H,8-10H2,1-3H3,(H,15,20)(H,18,19). The normalized spacial score (nSPS) is 10.0. The van der Waals surface area contributed by atoms with Gasteiger partial charge in [0.1, 0.15) is 6.54 Å². The van der Waals surface area contributed by atoms with Crippen LogP contribution in [-0.2, 0) is 9.53 Å². The first-order valence-corrected chi connectivity index (χ1v) is 6.48. The van der Waals surface area contributed by atoms with Crippen LogP contribution in [-0.4, -0.2) is 62.9 Å². The Morgan fingerprint density at radius 3 is 2.52 bits per heavy atom. The number of hydrogen-bond acceptors (Lipinski definition) is 4. The van der Waals surface area contributed by atoms with Crippen LogP contribution in [0.25, 0.3) is 0 Å².